The Morgan fingerprint density at radius 3 is 2.58 bits per heavy atom. The van der Waals surface area contributed by atoms with Gasteiger partial charge in [-0.15, -0.1) is 0 Å². The number of ether oxygens (including phenoxy) is 2. The second-order valence-corrected chi connectivity index (χ2v) is 3.94. The molecule has 0 saturated heterocycles. The average molecular weight is 262 g/mol. The van der Waals surface area contributed by atoms with E-state index in [9.17, 15) is 0 Å². The summed E-state index contributed by atoms with van der Waals surface area (Å²) in [6.07, 6.45) is 1.61. The molecule has 1 aromatic carbocycles. The molecule has 1 aromatic heterocycles. The van der Waals surface area contributed by atoms with Crippen molar-refractivity contribution in [2.75, 3.05) is 13.2 Å². The summed E-state index contributed by atoms with van der Waals surface area (Å²) in [7, 11) is 0. The number of aromatic nitrogens is 3. The lowest BCUT2D eigenvalue weighted by molar-refractivity contribution is 0.287. The standard InChI is InChI=1S/C13H18N4O2/c1-3-18-11-6-5-9(7-12(11)19-4-2)13(14)10-8-15-17-16-10/h5-8,13H,3-4,14H2,1-2H3,(H,15,16,17). The summed E-state index contributed by atoms with van der Waals surface area (Å²) in [5.41, 5.74) is 7.72. The lowest BCUT2D eigenvalue weighted by atomic mass is 10.0. The normalized spacial score (nSPS) is 12.2. The van der Waals surface area contributed by atoms with Crippen molar-refractivity contribution in [3.63, 3.8) is 0 Å². The molecule has 0 aliphatic rings. The Hall–Kier alpha value is -2.08. The molecule has 0 fully saturated rings. The number of nitrogens with two attached hydrogens (primary N) is 1. The fourth-order valence-corrected chi connectivity index (χ4v) is 1.79. The molecule has 6 nitrogen and oxygen atoms in total. The van der Waals surface area contributed by atoms with E-state index in [-0.39, 0.29) is 6.04 Å². The van der Waals surface area contributed by atoms with Gasteiger partial charge in [-0.05, 0) is 31.5 Å². The maximum absolute atomic E-state index is 6.13. The number of aromatic amines is 1. The monoisotopic (exact) mass is 262 g/mol. The van der Waals surface area contributed by atoms with Crippen LogP contribution in [0.15, 0.2) is 24.4 Å². The molecule has 1 heterocycles. The Kier molecular flexibility index (Phi) is 4.35. The van der Waals surface area contributed by atoms with Gasteiger partial charge in [0.25, 0.3) is 0 Å². The number of nitrogens with zero attached hydrogens (tertiary/aromatic N) is 2. The van der Waals surface area contributed by atoms with Crippen LogP contribution in [0.2, 0.25) is 0 Å². The Bertz CT molecular complexity index is 513. The third-order valence-electron chi connectivity index (χ3n) is 2.68. The molecular weight excluding hydrogens is 244 g/mol. The maximum atomic E-state index is 6.13. The van der Waals surface area contributed by atoms with Gasteiger partial charge in [-0.2, -0.15) is 15.4 Å². The van der Waals surface area contributed by atoms with Gasteiger partial charge in [-0.3, -0.25) is 0 Å². The van der Waals surface area contributed by atoms with Crippen LogP contribution >= 0.6 is 0 Å². The smallest absolute Gasteiger partial charge is 0.161 e. The molecule has 0 spiro atoms. The molecule has 0 aliphatic carbocycles. The average Bonchev–Trinajstić information content (AvgIpc) is 2.94. The largest absolute Gasteiger partial charge is 0.490 e. The second-order valence-electron chi connectivity index (χ2n) is 3.94. The summed E-state index contributed by atoms with van der Waals surface area (Å²) in [5, 5.41) is 10.3. The van der Waals surface area contributed by atoms with Crippen molar-refractivity contribution in [3.8, 4) is 11.5 Å². The first-order valence-electron chi connectivity index (χ1n) is 6.27. The fourth-order valence-electron chi connectivity index (χ4n) is 1.79. The fraction of sp³-hybridized carbons (Fsp3) is 0.385. The van der Waals surface area contributed by atoms with Gasteiger partial charge in [0.15, 0.2) is 11.5 Å². The van der Waals surface area contributed by atoms with Gasteiger partial charge in [0.2, 0.25) is 0 Å². The SMILES string of the molecule is CCOc1ccc(C(N)c2cn[nH]n2)cc1OCC. The highest BCUT2D eigenvalue weighted by molar-refractivity contribution is 5.45. The van der Waals surface area contributed by atoms with Crippen molar-refractivity contribution in [1.29, 1.82) is 0 Å². The van der Waals surface area contributed by atoms with Gasteiger partial charge in [0.05, 0.1) is 25.5 Å². The van der Waals surface area contributed by atoms with Gasteiger partial charge in [0, 0.05) is 0 Å². The van der Waals surface area contributed by atoms with E-state index in [1.807, 2.05) is 32.0 Å². The van der Waals surface area contributed by atoms with E-state index >= 15 is 0 Å². The van der Waals surface area contributed by atoms with Gasteiger partial charge < -0.3 is 15.2 Å². The van der Waals surface area contributed by atoms with Crippen LogP contribution in [-0.4, -0.2) is 28.6 Å². The van der Waals surface area contributed by atoms with E-state index in [1.165, 1.54) is 0 Å². The minimum absolute atomic E-state index is 0.339. The predicted molar refractivity (Wildman–Crippen MR) is 71.2 cm³/mol. The molecule has 19 heavy (non-hydrogen) atoms. The summed E-state index contributed by atoms with van der Waals surface area (Å²) in [4.78, 5) is 0. The summed E-state index contributed by atoms with van der Waals surface area (Å²) in [6.45, 7) is 5.03. The number of rotatable bonds is 6. The number of nitrogens with one attached hydrogen (secondary N) is 1. The minimum atomic E-state index is -0.339. The van der Waals surface area contributed by atoms with Crippen molar-refractivity contribution in [2.45, 2.75) is 19.9 Å². The topological polar surface area (TPSA) is 86.0 Å². The summed E-state index contributed by atoms with van der Waals surface area (Å²) < 4.78 is 11.1. The van der Waals surface area contributed by atoms with E-state index in [0.29, 0.717) is 24.7 Å². The molecule has 0 bridgehead atoms. The van der Waals surface area contributed by atoms with Crippen molar-refractivity contribution in [2.24, 2.45) is 5.73 Å². The Balaban J connectivity index is 2.29. The number of benzene rings is 1. The molecule has 0 aliphatic heterocycles. The van der Waals surface area contributed by atoms with Gasteiger partial charge >= 0.3 is 0 Å². The summed E-state index contributed by atoms with van der Waals surface area (Å²) in [6, 6.07) is 5.32. The van der Waals surface area contributed by atoms with Crippen LogP contribution in [0, 0.1) is 0 Å². The second kappa shape index (κ2) is 6.19. The molecule has 6 heteroatoms. The first-order valence-corrected chi connectivity index (χ1v) is 6.27. The molecule has 0 radical (unpaired) electrons. The number of hydrogen-bond donors (Lipinski definition) is 2. The highest BCUT2D eigenvalue weighted by Crippen LogP contribution is 2.31. The minimum Gasteiger partial charge on any atom is -0.490 e. The zero-order valence-corrected chi connectivity index (χ0v) is 11.1. The highest BCUT2D eigenvalue weighted by Gasteiger charge is 2.14. The molecule has 2 aromatic rings. The zero-order chi connectivity index (χ0) is 13.7. The van der Waals surface area contributed by atoms with Gasteiger partial charge in [-0.1, -0.05) is 6.07 Å². The third kappa shape index (κ3) is 3.03. The van der Waals surface area contributed by atoms with Crippen LogP contribution in [0.3, 0.4) is 0 Å². The van der Waals surface area contributed by atoms with Crippen LogP contribution in [0.25, 0.3) is 0 Å². The number of H-pyrrole nitrogens is 1. The maximum Gasteiger partial charge on any atom is 0.161 e. The summed E-state index contributed by atoms with van der Waals surface area (Å²) in [5.74, 6) is 1.42. The predicted octanol–water partition coefficient (Wildman–Crippen LogP) is 1.65. The van der Waals surface area contributed by atoms with E-state index < -0.39 is 0 Å². The lowest BCUT2D eigenvalue weighted by Gasteiger charge is -2.14. The number of hydrogen-bond acceptors (Lipinski definition) is 5. The molecular formula is C13H18N4O2. The third-order valence-corrected chi connectivity index (χ3v) is 2.68. The van der Waals surface area contributed by atoms with Gasteiger partial charge in [-0.25, -0.2) is 0 Å². The first-order chi connectivity index (χ1) is 9.26. The van der Waals surface area contributed by atoms with Crippen LogP contribution in [0.4, 0.5) is 0 Å². The van der Waals surface area contributed by atoms with Crippen LogP contribution in [0.1, 0.15) is 31.1 Å². The molecule has 3 N–H and O–H groups in total. The van der Waals surface area contributed by atoms with E-state index in [4.69, 9.17) is 15.2 Å². The van der Waals surface area contributed by atoms with Crippen LogP contribution in [-0.2, 0) is 0 Å². The zero-order valence-electron chi connectivity index (χ0n) is 11.1. The molecule has 0 saturated carbocycles. The van der Waals surface area contributed by atoms with Crippen LogP contribution in [0.5, 0.6) is 11.5 Å². The highest BCUT2D eigenvalue weighted by atomic mass is 16.5. The Morgan fingerprint density at radius 1 is 1.21 bits per heavy atom. The Labute approximate surface area is 111 Å². The van der Waals surface area contributed by atoms with E-state index in [1.54, 1.807) is 6.20 Å². The van der Waals surface area contributed by atoms with Crippen molar-refractivity contribution >= 4 is 0 Å². The summed E-state index contributed by atoms with van der Waals surface area (Å²) >= 11 is 0. The lowest BCUT2D eigenvalue weighted by Crippen LogP contribution is -2.12. The first kappa shape index (κ1) is 13.4. The molecule has 2 rings (SSSR count). The molecule has 102 valence electrons. The molecule has 1 atom stereocenters. The molecule has 1 unspecified atom stereocenters. The van der Waals surface area contributed by atoms with Crippen LogP contribution < -0.4 is 15.2 Å². The Morgan fingerprint density at radius 2 is 1.95 bits per heavy atom. The van der Waals surface area contributed by atoms with Gasteiger partial charge in [0.1, 0.15) is 5.69 Å². The van der Waals surface area contributed by atoms with E-state index in [0.717, 1.165) is 11.3 Å². The van der Waals surface area contributed by atoms with Crippen molar-refractivity contribution in [3.05, 3.63) is 35.7 Å². The quantitative estimate of drug-likeness (QED) is 0.826. The van der Waals surface area contributed by atoms with E-state index in [2.05, 4.69) is 15.4 Å². The van der Waals surface area contributed by atoms with Crippen molar-refractivity contribution in [1.82, 2.24) is 15.4 Å². The molecule has 0 amide bonds. The van der Waals surface area contributed by atoms with Crippen molar-refractivity contribution < 1.29 is 9.47 Å².